The van der Waals surface area contributed by atoms with Crippen molar-refractivity contribution < 1.29 is 9.53 Å². The lowest BCUT2D eigenvalue weighted by Gasteiger charge is -2.13. The summed E-state index contributed by atoms with van der Waals surface area (Å²) in [4.78, 5) is 26.2. The topological polar surface area (TPSA) is 90.5 Å². The van der Waals surface area contributed by atoms with E-state index in [2.05, 4.69) is 15.5 Å². The number of methoxy groups -OCH3 is 1. The van der Waals surface area contributed by atoms with Gasteiger partial charge in [0.25, 0.3) is 5.56 Å². The van der Waals surface area contributed by atoms with Crippen LogP contribution in [-0.4, -0.2) is 37.9 Å². The van der Waals surface area contributed by atoms with E-state index in [0.717, 1.165) is 16.8 Å². The third kappa shape index (κ3) is 4.26. The van der Waals surface area contributed by atoms with Crippen molar-refractivity contribution in [2.45, 2.75) is 19.0 Å². The van der Waals surface area contributed by atoms with E-state index in [-0.39, 0.29) is 17.2 Å². The maximum atomic E-state index is 13.5. The highest BCUT2D eigenvalue weighted by Crippen LogP contribution is 2.25. The molecule has 8 nitrogen and oxygen atoms in total. The van der Waals surface area contributed by atoms with Crippen LogP contribution in [0.3, 0.4) is 0 Å². The summed E-state index contributed by atoms with van der Waals surface area (Å²) < 4.78 is 8.63. The summed E-state index contributed by atoms with van der Waals surface area (Å²) in [7, 11) is 1.58. The van der Waals surface area contributed by atoms with Gasteiger partial charge in [-0.15, -0.1) is 10.2 Å². The average molecular weight is 486 g/mol. The number of fused-ring (bicyclic) bond motifs is 3. The number of nitrogens with zero attached hydrogens (tertiary/aromatic N) is 4. The molecule has 5 rings (SSSR count). The number of hydrogen-bond donors (Lipinski definition) is 1. The molecule has 0 fully saturated rings. The lowest BCUT2D eigenvalue weighted by molar-refractivity contribution is -0.113. The summed E-state index contributed by atoms with van der Waals surface area (Å²) in [6, 6.07) is 20.5. The Morgan fingerprint density at radius 3 is 2.66 bits per heavy atom. The highest BCUT2D eigenvalue weighted by Gasteiger charge is 2.19. The van der Waals surface area contributed by atoms with E-state index in [1.807, 2.05) is 66.8 Å². The molecule has 0 spiro atoms. The van der Waals surface area contributed by atoms with E-state index in [9.17, 15) is 9.59 Å². The minimum atomic E-state index is -0.188. The summed E-state index contributed by atoms with van der Waals surface area (Å²) >= 11 is 1.26. The Labute approximate surface area is 205 Å². The van der Waals surface area contributed by atoms with Gasteiger partial charge in [0.15, 0.2) is 5.16 Å². The summed E-state index contributed by atoms with van der Waals surface area (Å²) in [5.41, 5.74) is 3.98. The monoisotopic (exact) mass is 485 g/mol. The Bertz CT molecular complexity index is 1640. The molecule has 2 heterocycles. The Kier molecular flexibility index (Phi) is 6.00. The fraction of sp³-hybridized carbons (Fsp3) is 0.154. The van der Waals surface area contributed by atoms with Gasteiger partial charge in [-0.1, -0.05) is 47.7 Å². The molecule has 35 heavy (non-hydrogen) atoms. The highest BCUT2D eigenvalue weighted by atomic mass is 32.2. The molecule has 0 aliphatic rings. The molecule has 1 amide bonds. The third-order valence-corrected chi connectivity index (χ3v) is 6.60. The smallest absolute Gasteiger partial charge is 0.267 e. The van der Waals surface area contributed by atoms with Gasteiger partial charge in [0, 0.05) is 11.8 Å². The van der Waals surface area contributed by atoms with Crippen molar-refractivity contribution in [1.29, 1.82) is 0 Å². The number of aromatic nitrogens is 4. The van der Waals surface area contributed by atoms with Gasteiger partial charge in [0.2, 0.25) is 11.7 Å². The van der Waals surface area contributed by atoms with E-state index in [1.165, 1.54) is 11.8 Å². The molecule has 0 radical (unpaired) electrons. The first kappa shape index (κ1) is 22.7. The number of para-hydroxylation sites is 1. The number of nitrogens with one attached hydrogen (secondary N) is 1. The Morgan fingerprint density at radius 1 is 1.03 bits per heavy atom. The molecule has 2 aromatic heterocycles. The van der Waals surface area contributed by atoms with Crippen LogP contribution >= 0.6 is 11.8 Å². The van der Waals surface area contributed by atoms with Crippen molar-refractivity contribution >= 4 is 40.0 Å². The molecule has 9 heteroatoms. The molecule has 0 aliphatic heterocycles. The van der Waals surface area contributed by atoms with E-state index in [0.29, 0.717) is 33.3 Å². The zero-order chi connectivity index (χ0) is 24.5. The molecule has 0 unspecified atom stereocenters. The first-order chi connectivity index (χ1) is 17.0. The fourth-order valence-corrected chi connectivity index (χ4v) is 4.81. The number of hydrogen-bond acceptors (Lipinski definition) is 6. The normalized spacial score (nSPS) is 11.2. The molecule has 1 N–H and O–H groups in total. The minimum Gasteiger partial charge on any atom is -0.497 e. The van der Waals surface area contributed by atoms with E-state index in [1.54, 1.807) is 29.9 Å². The maximum absolute atomic E-state index is 13.5. The van der Waals surface area contributed by atoms with Crippen LogP contribution in [0.5, 0.6) is 5.75 Å². The summed E-state index contributed by atoms with van der Waals surface area (Å²) in [5, 5.41) is 12.6. The zero-order valence-electron chi connectivity index (χ0n) is 19.5. The van der Waals surface area contributed by atoms with Gasteiger partial charge >= 0.3 is 0 Å². The Hall–Kier alpha value is -4.11. The number of benzene rings is 3. The first-order valence-corrected chi connectivity index (χ1v) is 12.0. The molecule has 5 aromatic rings. The lowest BCUT2D eigenvalue weighted by Crippen LogP contribution is -2.22. The van der Waals surface area contributed by atoms with Crippen LogP contribution in [0.1, 0.15) is 11.1 Å². The van der Waals surface area contributed by atoms with Crippen LogP contribution in [0.2, 0.25) is 0 Å². The second-order valence-corrected chi connectivity index (χ2v) is 9.08. The Balaban J connectivity index is 1.54. The largest absolute Gasteiger partial charge is 0.497 e. The van der Waals surface area contributed by atoms with Crippen LogP contribution < -0.4 is 15.6 Å². The summed E-state index contributed by atoms with van der Waals surface area (Å²) in [6.07, 6.45) is 0. The Morgan fingerprint density at radius 2 is 1.86 bits per heavy atom. The van der Waals surface area contributed by atoms with E-state index < -0.39 is 0 Å². The first-order valence-electron chi connectivity index (χ1n) is 11.0. The predicted octanol–water partition coefficient (Wildman–Crippen LogP) is 4.39. The maximum Gasteiger partial charge on any atom is 0.267 e. The van der Waals surface area contributed by atoms with Gasteiger partial charge in [-0.2, -0.15) is 0 Å². The predicted molar refractivity (Wildman–Crippen MR) is 138 cm³/mol. The van der Waals surface area contributed by atoms with Gasteiger partial charge < -0.3 is 10.1 Å². The number of carbonyl (C=O) groups excluding carboxylic acids is 1. The number of carbonyl (C=O) groups is 1. The highest BCUT2D eigenvalue weighted by molar-refractivity contribution is 7.99. The lowest BCUT2D eigenvalue weighted by atomic mass is 10.1. The van der Waals surface area contributed by atoms with Gasteiger partial charge in [0.1, 0.15) is 5.75 Å². The van der Waals surface area contributed by atoms with Gasteiger partial charge in [-0.25, -0.2) is 4.57 Å². The second-order valence-electron chi connectivity index (χ2n) is 8.13. The molecule has 0 aliphatic carbocycles. The van der Waals surface area contributed by atoms with Crippen molar-refractivity contribution in [2.24, 2.45) is 0 Å². The quantitative estimate of drug-likeness (QED) is 0.359. The van der Waals surface area contributed by atoms with Gasteiger partial charge in [0.05, 0.1) is 29.5 Å². The standard InChI is InChI=1S/C26H23N5O3S/c1-16-11-12-21(17(2)13-16)30-24(33)20-9-4-5-10-22(20)31-25(30)28-29-26(31)35-15-23(32)27-18-7-6-8-19(14-18)34-3/h4-14H,15H2,1-3H3,(H,27,32). The number of amides is 1. The molecule has 3 aromatic carbocycles. The molecule has 0 atom stereocenters. The SMILES string of the molecule is COc1cccc(NC(=O)CSc2nnc3n(-c4ccc(C)cc4C)c(=O)c4ccccc4n23)c1. The van der Waals surface area contributed by atoms with E-state index >= 15 is 0 Å². The number of rotatable bonds is 6. The van der Waals surface area contributed by atoms with Crippen molar-refractivity contribution in [3.05, 3.63) is 88.2 Å². The molecule has 0 saturated heterocycles. The zero-order valence-corrected chi connectivity index (χ0v) is 20.3. The van der Waals surface area contributed by atoms with Crippen LogP contribution in [0, 0.1) is 13.8 Å². The van der Waals surface area contributed by atoms with Crippen molar-refractivity contribution in [1.82, 2.24) is 19.2 Å². The third-order valence-electron chi connectivity index (χ3n) is 5.67. The van der Waals surface area contributed by atoms with Crippen molar-refractivity contribution in [2.75, 3.05) is 18.2 Å². The minimum absolute atomic E-state index is 0.120. The molecule has 176 valence electrons. The fourth-order valence-electron chi connectivity index (χ4n) is 4.07. The van der Waals surface area contributed by atoms with Crippen LogP contribution in [0.4, 0.5) is 5.69 Å². The summed E-state index contributed by atoms with van der Waals surface area (Å²) in [6.45, 7) is 3.98. The van der Waals surface area contributed by atoms with E-state index in [4.69, 9.17) is 4.74 Å². The summed E-state index contributed by atoms with van der Waals surface area (Å²) in [5.74, 6) is 0.993. The second kappa shape index (κ2) is 9.27. The van der Waals surface area contributed by atoms with Gasteiger partial charge in [-0.05, 0) is 49.7 Å². The van der Waals surface area contributed by atoms with Crippen LogP contribution in [0.15, 0.2) is 76.7 Å². The van der Waals surface area contributed by atoms with Crippen LogP contribution in [-0.2, 0) is 4.79 Å². The van der Waals surface area contributed by atoms with Gasteiger partial charge in [-0.3, -0.25) is 14.0 Å². The number of aryl methyl sites for hydroxylation is 2. The molecular formula is C26H23N5O3S. The number of ether oxygens (including phenoxy) is 1. The molecule has 0 bridgehead atoms. The van der Waals surface area contributed by atoms with Crippen molar-refractivity contribution in [3.8, 4) is 11.4 Å². The van der Waals surface area contributed by atoms with Crippen molar-refractivity contribution in [3.63, 3.8) is 0 Å². The number of anilines is 1. The number of thioether (sulfide) groups is 1. The molecular weight excluding hydrogens is 462 g/mol. The average Bonchev–Trinajstić information content (AvgIpc) is 3.28. The van der Waals surface area contributed by atoms with Crippen LogP contribution in [0.25, 0.3) is 22.4 Å². The molecule has 0 saturated carbocycles.